The second-order valence-corrected chi connectivity index (χ2v) is 4.41. The Labute approximate surface area is 83.5 Å². The Hall–Kier alpha value is -0.480. The molecule has 0 radical (unpaired) electrons. The summed E-state index contributed by atoms with van der Waals surface area (Å²) in [6.07, 6.45) is 1.86. The van der Waals surface area contributed by atoms with Crippen molar-refractivity contribution in [2.24, 2.45) is 5.73 Å². The Morgan fingerprint density at radius 3 is 2.62 bits per heavy atom. The second kappa shape index (κ2) is 4.67. The summed E-state index contributed by atoms with van der Waals surface area (Å²) in [6.45, 7) is 6.30. The Bertz CT molecular complexity index is 257. The smallest absolute Gasteiger partial charge is 0.145 e. The maximum absolute atomic E-state index is 5.83. The summed E-state index contributed by atoms with van der Waals surface area (Å²) in [5, 5.41) is 1.07. The lowest BCUT2D eigenvalue weighted by molar-refractivity contribution is 0.641. The molecule has 13 heavy (non-hydrogen) atoms. The highest BCUT2D eigenvalue weighted by Gasteiger charge is 2.09. The molecule has 0 aliphatic heterocycles. The predicted molar refractivity (Wildman–Crippen MR) is 56.0 cm³/mol. The molecular weight excluding hydrogens is 182 g/mol. The Morgan fingerprint density at radius 2 is 2.15 bits per heavy atom. The molecule has 0 bridgehead atoms. The predicted octanol–water partition coefficient (Wildman–Crippen LogP) is 1.94. The summed E-state index contributed by atoms with van der Waals surface area (Å²) < 4.78 is 4.28. The van der Waals surface area contributed by atoms with Crippen LogP contribution in [-0.4, -0.2) is 15.4 Å². The van der Waals surface area contributed by atoms with Crippen molar-refractivity contribution < 1.29 is 0 Å². The summed E-state index contributed by atoms with van der Waals surface area (Å²) in [4.78, 5) is 4.43. The molecule has 0 aliphatic carbocycles. The van der Waals surface area contributed by atoms with Crippen LogP contribution in [0.15, 0.2) is 0 Å². The lowest BCUT2D eigenvalue weighted by Crippen LogP contribution is -2.21. The summed E-state index contributed by atoms with van der Waals surface area (Å²) in [5.74, 6) is 1.37. The molecule has 1 aromatic rings. The van der Waals surface area contributed by atoms with Crippen molar-refractivity contribution in [3.8, 4) is 0 Å². The molecule has 4 heteroatoms. The number of rotatable bonds is 4. The molecule has 0 aliphatic rings. The van der Waals surface area contributed by atoms with Crippen LogP contribution in [0.2, 0.25) is 0 Å². The number of hydrogen-bond acceptors (Lipinski definition) is 4. The van der Waals surface area contributed by atoms with Crippen molar-refractivity contribution in [1.82, 2.24) is 9.36 Å². The van der Waals surface area contributed by atoms with Gasteiger partial charge < -0.3 is 5.73 Å². The van der Waals surface area contributed by atoms with Crippen LogP contribution in [0.25, 0.3) is 0 Å². The van der Waals surface area contributed by atoms with Crippen LogP contribution < -0.4 is 5.73 Å². The number of hydrogen-bond donors (Lipinski definition) is 1. The van der Waals surface area contributed by atoms with E-state index in [1.54, 1.807) is 0 Å². The monoisotopic (exact) mass is 199 g/mol. The van der Waals surface area contributed by atoms with Crippen LogP contribution in [-0.2, 0) is 6.42 Å². The van der Waals surface area contributed by atoms with E-state index in [0.29, 0.717) is 5.92 Å². The molecule has 0 aromatic carbocycles. The lowest BCUT2D eigenvalue weighted by Gasteiger charge is -2.03. The lowest BCUT2D eigenvalue weighted by atomic mass is 10.2. The van der Waals surface area contributed by atoms with E-state index < -0.39 is 0 Å². The number of aromatic nitrogens is 2. The zero-order valence-electron chi connectivity index (χ0n) is 8.45. The normalized spacial score (nSPS) is 13.6. The molecular formula is C9H17N3S. The minimum atomic E-state index is 0.230. The molecule has 0 saturated carbocycles. The molecule has 0 amide bonds. The average molecular weight is 199 g/mol. The van der Waals surface area contributed by atoms with Gasteiger partial charge in [0.05, 0.1) is 0 Å². The van der Waals surface area contributed by atoms with E-state index in [9.17, 15) is 0 Å². The molecule has 1 aromatic heterocycles. The van der Waals surface area contributed by atoms with E-state index in [0.717, 1.165) is 23.7 Å². The fraction of sp³-hybridized carbons (Fsp3) is 0.778. The fourth-order valence-electron chi connectivity index (χ4n) is 0.954. The van der Waals surface area contributed by atoms with Gasteiger partial charge in [0.25, 0.3) is 0 Å². The fourth-order valence-corrected chi connectivity index (χ4v) is 1.83. The molecule has 74 valence electrons. The van der Waals surface area contributed by atoms with E-state index in [4.69, 9.17) is 5.73 Å². The van der Waals surface area contributed by atoms with E-state index in [-0.39, 0.29) is 6.04 Å². The molecule has 1 heterocycles. The van der Waals surface area contributed by atoms with Crippen molar-refractivity contribution in [3.05, 3.63) is 10.8 Å². The molecule has 1 rings (SSSR count). The maximum atomic E-state index is 5.83. The van der Waals surface area contributed by atoms with Crippen LogP contribution in [0.1, 0.15) is 43.9 Å². The summed E-state index contributed by atoms with van der Waals surface area (Å²) >= 11 is 1.48. The molecule has 2 N–H and O–H groups in total. The highest BCUT2D eigenvalue weighted by atomic mass is 32.1. The highest BCUT2D eigenvalue weighted by Crippen LogP contribution is 2.14. The van der Waals surface area contributed by atoms with Gasteiger partial charge in [-0.15, -0.1) is 0 Å². The van der Waals surface area contributed by atoms with Gasteiger partial charge in [-0.05, 0) is 18.0 Å². The van der Waals surface area contributed by atoms with Gasteiger partial charge in [-0.25, -0.2) is 4.98 Å². The zero-order chi connectivity index (χ0) is 9.84. The topological polar surface area (TPSA) is 51.8 Å². The van der Waals surface area contributed by atoms with Gasteiger partial charge in [-0.2, -0.15) is 4.37 Å². The van der Waals surface area contributed by atoms with Gasteiger partial charge in [-0.3, -0.25) is 0 Å². The average Bonchev–Trinajstić information content (AvgIpc) is 2.52. The first-order valence-corrected chi connectivity index (χ1v) is 5.48. The third-order valence-electron chi connectivity index (χ3n) is 1.96. The first-order valence-electron chi connectivity index (χ1n) is 4.71. The van der Waals surface area contributed by atoms with Crippen molar-refractivity contribution in [3.63, 3.8) is 0 Å². The summed E-state index contributed by atoms with van der Waals surface area (Å²) in [7, 11) is 0. The van der Waals surface area contributed by atoms with Crippen LogP contribution in [0.4, 0.5) is 0 Å². The standard InChI is InChI=1S/C9H17N3S/c1-4-7(10)5-8-11-9(6(2)3)12-13-8/h6-7H,4-5,10H2,1-3H3. The van der Waals surface area contributed by atoms with Gasteiger partial charge in [0, 0.05) is 18.4 Å². The second-order valence-electron chi connectivity index (χ2n) is 3.57. The minimum absolute atomic E-state index is 0.230. The van der Waals surface area contributed by atoms with E-state index in [1.165, 1.54) is 11.5 Å². The minimum Gasteiger partial charge on any atom is -0.327 e. The first kappa shape index (κ1) is 10.6. The third kappa shape index (κ3) is 3.04. The number of nitrogens with zero attached hydrogens (tertiary/aromatic N) is 2. The molecule has 1 unspecified atom stereocenters. The number of nitrogens with two attached hydrogens (primary N) is 1. The molecule has 0 fully saturated rings. The summed E-state index contributed by atoms with van der Waals surface area (Å²) in [5.41, 5.74) is 5.83. The molecule has 0 saturated heterocycles. The molecule has 0 spiro atoms. The highest BCUT2D eigenvalue weighted by molar-refractivity contribution is 7.05. The van der Waals surface area contributed by atoms with Gasteiger partial charge in [0.15, 0.2) is 0 Å². The molecule has 1 atom stereocenters. The van der Waals surface area contributed by atoms with E-state index in [2.05, 4.69) is 30.1 Å². The Balaban J connectivity index is 2.58. The quantitative estimate of drug-likeness (QED) is 0.806. The Kier molecular flexibility index (Phi) is 3.81. The van der Waals surface area contributed by atoms with Crippen molar-refractivity contribution in [2.45, 2.75) is 45.6 Å². The van der Waals surface area contributed by atoms with Crippen molar-refractivity contribution in [2.75, 3.05) is 0 Å². The van der Waals surface area contributed by atoms with E-state index in [1.807, 2.05) is 0 Å². The van der Waals surface area contributed by atoms with Crippen LogP contribution in [0.5, 0.6) is 0 Å². The third-order valence-corrected chi connectivity index (χ3v) is 2.71. The van der Waals surface area contributed by atoms with Gasteiger partial charge >= 0.3 is 0 Å². The summed E-state index contributed by atoms with van der Waals surface area (Å²) in [6, 6.07) is 0.230. The zero-order valence-corrected chi connectivity index (χ0v) is 9.27. The van der Waals surface area contributed by atoms with Crippen LogP contribution in [0, 0.1) is 0 Å². The SMILES string of the molecule is CCC(N)Cc1nc(C(C)C)ns1. The van der Waals surface area contributed by atoms with Gasteiger partial charge in [0.1, 0.15) is 10.8 Å². The van der Waals surface area contributed by atoms with Crippen molar-refractivity contribution in [1.29, 1.82) is 0 Å². The van der Waals surface area contributed by atoms with E-state index >= 15 is 0 Å². The van der Waals surface area contributed by atoms with Gasteiger partial charge in [-0.1, -0.05) is 20.8 Å². The maximum Gasteiger partial charge on any atom is 0.145 e. The largest absolute Gasteiger partial charge is 0.327 e. The Morgan fingerprint density at radius 1 is 1.46 bits per heavy atom. The first-order chi connectivity index (χ1) is 6.13. The van der Waals surface area contributed by atoms with Crippen LogP contribution >= 0.6 is 11.5 Å². The molecule has 3 nitrogen and oxygen atoms in total. The van der Waals surface area contributed by atoms with Crippen molar-refractivity contribution >= 4 is 11.5 Å². The van der Waals surface area contributed by atoms with Gasteiger partial charge in [0.2, 0.25) is 0 Å². The van der Waals surface area contributed by atoms with Crippen LogP contribution in [0.3, 0.4) is 0 Å².